The number of rotatable bonds is 5. The van der Waals surface area contributed by atoms with Gasteiger partial charge < -0.3 is 20.5 Å². The summed E-state index contributed by atoms with van der Waals surface area (Å²) in [7, 11) is 0. The lowest BCUT2D eigenvalue weighted by Crippen LogP contribution is -2.48. The van der Waals surface area contributed by atoms with Crippen molar-refractivity contribution in [2.75, 3.05) is 26.2 Å². The molecule has 1 heterocycles. The second kappa shape index (κ2) is 7.02. The number of aromatic carboxylic acids is 1. The molecule has 2 rings (SSSR count). The quantitative estimate of drug-likeness (QED) is 0.707. The fourth-order valence-electron chi connectivity index (χ4n) is 2.11. The largest absolute Gasteiger partial charge is 0.478 e. The zero-order valence-corrected chi connectivity index (χ0v) is 11.1. The number of carbonyl (C=O) groups excluding carboxylic acids is 1. The van der Waals surface area contributed by atoms with Crippen molar-refractivity contribution in [3.05, 3.63) is 35.4 Å². The van der Waals surface area contributed by atoms with Crippen LogP contribution in [0.15, 0.2) is 24.3 Å². The molecule has 0 aromatic heterocycles. The predicted molar refractivity (Wildman–Crippen MR) is 72.7 cm³/mol. The van der Waals surface area contributed by atoms with Crippen LogP contribution in [-0.2, 0) is 16.0 Å². The van der Waals surface area contributed by atoms with Crippen LogP contribution >= 0.6 is 0 Å². The highest BCUT2D eigenvalue weighted by atomic mass is 16.5. The zero-order chi connectivity index (χ0) is 14.4. The van der Waals surface area contributed by atoms with E-state index in [1.807, 2.05) is 0 Å². The first-order chi connectivity index (χ1) is 9.68. The van der Waals surface area contributed by atoms with E-state index in [-0.39, 0.29) is 11.5 Å². The molecule has 1 saturated heterocycles. The molecule has 0 radical (unpaired) electrons. The molecule has 3 N–H and O–H groups in total. The number of hydrogen-bond donors (Lipinski definition) is 3. The molecule has 20 heavy (non-hydrogen) atoms. The van der Waals surface area contributed by atoms with E-state index in [1.165, 1.54) is 0 Å². The van der Waals surface area contributed by atoms with Gasteiger partial charge in [0.15, 0.2) is 0 Å². The predicted octanol–water partition coefficient (Wildman–Crippen LogP) is 0.0319. The Labute approximate surface area is 117 Å². The Morgan fingerprint density at radius 2 is 2.20 bits per heavy atom. The first kappa shape index (κ1) is 14.5. The second-order valence-electron chi connectivity index (χ2n) is 4.57. The zero-order valence-electron chi connectivity index (χ0n) is 11.1. The van der Waals surface area contributed by atoms with E-state index in [2.05, 4.69) is 10.6 Å². The third-order valence-electron chi connectivity index (χ3n) is 3.16. The third-order valence-corrected chi connectivity index (χ3v) is 3.16. The van der Waals surface area contributed by atoms with Crippen LogP contribution in [0, 0.1) is 0 Å². The Balaban J connectivity index is 1.83. The van der Waals surface area contributed by atoms with Gasteiger partial charge in [-0.3, -0.25) is 4.79 Å². The van der Waals surface area contributed by atoms with Crippen LogP contribution in [0.3, 0.4) is 0 Å². The normalized spacial score (nSPS) is 18.5. The molecule has 1 aromatic rings. The van der Waals surface area contributed by atoms with Crippen molar-refractivity contribution in [1.29, 1.82) is 0 Å². The fraction of sp³-hybridized carbons (Fsp3) is 0.429. The average molecular weight is 278 g/mol. The van der Waals surface area contributed by atoms with Gasteiger partial charge in [-0.15, -0.1) is 0 Å². The highest BCUT2D eigenvalue weighted by Gasteiger charge is 2.21. The highest BCUT2D eigenvalue weighted by Crippen LogP contribution is 2.09. The van der Waals surface area contributed by atoms with Crippen molar-refractivity contribution < 1.29 is 19.4 Å². The molecule has 1 fully saturated rings. The van der Waals surface area contributed by atoms with Crippen molar-refractivity contribution in [3.8, 4) is 0 Å². The van der Waals surface area contributed by atoms with Gasteiger partial charge in [0.05, 0.1) is 12.2 Å². The van der Waals surface area contributed by atoms with Crippen LogP contribution in [0.2, 0.25) is 0 Å². The topological polar surface area (TPSA) is 87.7 Å². The van der Waals surface area contributed by atoms with Crippen LogP contribution < -0.4 is 10.6 Å². The molecule has 108 valence electrons. The molecule has 1 aromatic carbocycles. The van der Waals surface area contributed by atoms with Gasteiger partial charge in [-0.05, 0) is 18.1 Å². The number of hydrogen-bond acceptors (Lipinski definition) is 4. The molecular formula is C14H18N2O4. The minimum atomic E-state index is -0.952. The Kier molecular flexibility index (Phi) is 5.09. The van der Waals surface area contributed by atoms with Gasteiger partial charge in [-0.1, -0.05) is 18.2 Å². The lowest BCUT2D eigenvalue weighted by atomic mass is 10.0. The fourth-order valence-corrected chi connectivity index (χ4v) is 2.11. The first-order valence-electron chi connectivity index (χ1n) is 6.59. The number of carbonyl (C=O) groups is 2. The maximum absolute atomic E-state index is 11.8. The van der Waals surface area contributed by atoms with Crippen molar-refractivity contribution in [3.63, 3.8) is 0 Å². The van der Waals surface area contributed by atoms with Crippen LogP contribution in [0.5, 0.6) is 0 Å². The van der Waals surface area contributed by atoms with E-state index in [1.54, 1.807) is 24.3 Å². The molecule has 1 aliphatic rings. The molecule has 0 bridgehead atoms. The monoisotopic (exact) mass is 278 g/mol. The van der Waals surface area contributed by atoms with E-state index < -0.39 is 12.1 Å². The van der Waals surface area contributed by atoms with Crippen molar-refractivity contribution in [1.82, 2.24) is 10.6 Å². The summed E-state index contributed by atoms with van der Waals surface area (Å²) < 4.78 is 5.34. The lowest BCUT2D eigenvalue weighted by Gasteiger charge is -2.22. The number of nitrogens with one attached hydrogen (secondary N) is 2. The Bertz CT molecular complexity index is 484. The molecule has 1 atom stereocenters. The Morgan fingerprint density at radius 3 is 2.90 bits per heavy atom. The summed E-state index contributed by atoms with van der Waals surface area (Å²) in [6.07, 6.45) is 0.0208. The summed E-state index contributed by atoms with van der Waals surface area (Å²) in [5, 5.41) is 14.9. The van der Waals surface area contributed by atoms with Gasteiger partial charge in [-0.2, -0.15) is 0 Å². The van der Waals surface area contributed by atoms with Crippen molar-refractivity contribution in [2.45, 2.75) is 12.5 Å². The molecule has 1 amide bonds. The van der Waals surface area contributed by atoms with E-state index in [0.29, 0.717) is 31.7 Å². The van der Waals surface area contributed by atoms with E-state index in [0.717, 1.165) is 6.54 Å². The van der Waals surface area contributed by atoms with Crippen LogP contribution in [0.25, 0.3) is 0 Å². The summed E-state index contributed by atoms with van der Waals surface area (Å²) in [6.45, 7) is 2.19. The van der Waals surface area contributed by atoms with Gasteiger partial charge in [0.2, 0.25) is 5.91 Å². The molecular weight excluding hydrogens is 260 g/mol. The van der Waals surface area contributed by atoms with E-state index in [9.17, 15) is 9.59 Å². The summed E-state index contributed by atoms with van der Waals surface area (Å²) in [5.41, 5.74) is 0.986. The molecule has 0 spiro atoms. The molecule has 1 aliphatic heterocycles. The molecule has 0 aliphatic carbocycles. The number of amides is 1. The molecule has 0 saturated carbocycles. The van der Waals surface area contributed by atoms with Gasteiger partial charge in [0.1, 0.15) is 6.10 Å². The lowest BCUT2D eigenvalue weighted by molar-refractivity contribution is -0.134. The number of carboxylic acid groups (broad SMARTS) is 1. The standard InChI is InChI=1S/C14H18N2O4/c17-13(12-9-15-7-8-20-12)16-6-5-10-3-1-2-4-11(10)14(18)19/h1-4,12,15H,5-9H2,(H,16,17)(H,18,19). The van der Waals surface area contributed by atoms with E-state index in [4.69, 9.17) is 9.84 Å². The average Bonchev–Trinajstić information content (AvgIpc) is 2.48. The maximum Gasteiger partial charge on any atom is 0.335 e. The van der Waals surface area contributed by atoms with Gasteiger partial charge in [-0.25, -0.2) is 4.79 Å². The van der Waals surface area contributed by atoms with Crippen LogP contribution in [-0.4, -0.2) is 49.3 Å². The smallest absolute Gasteiger partial charge is 0.335 e. The van der Waals surface area contributed by atoms with Gasteiger partial charge >= 0.3 is 5.97 Å². The van der Waals surface area contributed by atoms with Crippen LogP contribution in [0.4, 0.5) is 0 Å². The Hall–Kier alpha value is -1.92. The highest BCUT2D eigenvalue weighted by molar-refractivity contribution is 5.89. The number of carboxylic acids is 1. The minimum Gasteiger partial charge on any atom is -0.478 e. The third kappa shape index (κ3) is 3.79. The number of morpholine rings is 1. The summed E-state index contributed by atoms with van der Waals surface area (Å²) in [6, 6.07) is 6.80. The van der Waals surface area contributed by atoms with Crippen molar-refractivity contribution >= 4 is 11.9 Å². The van der Waals surface area contributed by atoms with Gasteiger partial charge in [0.25, 0.3) is 0 Å². The van der Waals surface area contributed by atoms with Crippen LogP contribution in [0.1, 0.15) is 15.9 Å². The minimum absolute atomic E-state index is 0.162. The molecule has 6 heteroatoms. The number of ether oxygens (including phenoxy) is 1. The second-order valence-corrected chi connectivity index (χ2v) is 4.57. The summed E-state index contributed by atoms with van der Waals surface area (Å²) in [5.74, 6) is -1.11. The number of benzene rings is 1. The summed E-state index contributed by atoms with van der Waals surface area (Å²) >= 11 is 0. The maximum atomic E-state index is 11.8. The summed E-state index contributed by atoms with van der Waals surface area (Å²) in [4.78, 5) is 22.9. The molecule has 6 nitrogen and oxygen atoms in total. The first-order valence-corrected chi connectivity index (χ1v) is 6.59. The SMILES string of the molecule is O=C(O)c1ccccc1CCNC(=O)C1CNCCO1. The molecule has 1 unspecified atom stereocenters. The van der Waals surface area contributed by atoms with Crippen molar-refractivity contribution in [2.24, 2.45) is 0 Å². The van der Waals surface area contributed by atoms with E-state index >= 15 is 0 Å². The van der Waals surface area contributed by atoms with Gasteiger partial charge in [0, 0.05) is 19.6 Å². The Morgan fingerprint density at radius 1 is 1.40 bits per heavy atom.